The summed E-state index contributed by atoms with van der Waals surface area (Å²) in [6, 6.07) is 17.9. The Morgan fingerprint density at radius 3 is 2.44 bits per heavy atom. The van der Waals surface area contributed by atoms with E-state index < -0.39 is 0 Å². The summed E-state index contributed by atoms with van der Waals surface area (Å²) in [5, 5.41) is 7.72. The van der Waals surface area contributed by atoms with Crippen molar-refractivity contribution in [3.63, 3.8) is 0 Å². The van der Waals surface area contributed by atoms with Gasteiger partial charge in [-0.15, -0.1) is 0 Å². The molecule has 1 amide bonds. The predicted octanol–water partition coefficient (Wildman–Crippen LogP) is 3.53. The first kappa shape index (κ1) is 18.9. The third-order valence-electron chi connectivity index (χ3n) is 4.37. The Hall–Kier alpha value is -2.92. The summed E-state index contributed by atoms with van der Waals surface area (Å²) < 4.78 is 1.77. The van der Waals surface area contributed by atoms with Crippen LogP contribution in [0.3, 0.4) is 0 Å². The molecule has 1 aromatic heterocycles. The van der Waals surface area contributed by atoms with Crippen LogP contribution in [0.15, 0.2) is 60.8 Å². The number of nitrogens with zero attached hydrogens (tertiary/aromatic N) is 3. The molecule has 0 bridgehead atoms. The van der Waals surface area contributed by atoms with Crippen LogP contribution in [0.4, 0.5) is 0 Å². The molecule has 2 aromatic carbocycles. The van der Waals surface area contributed by atoms with Gasteiger partial charge in [-0.1, -0.05) is 48.0 Å². The Labute approximate surface area is 160 Å². The first-order valence-electron chi connectivity index (χ1n) is 9.19. The Morgan fingerprint density at radius 2 is 1.78 bits per heavy atom. The Balaban J connectivity index is 1.88. The fourth-order valence-corrected chi connectivity index (χ4v) is 2.87. The molecule has 27 heavy (non-hydrogen) atoms. The highest BCUT2D eigenvalue weighted by Gasteiger charge is 2.18. The van der Waals surface area contributed by atoms with Crippen LogP contribution in [0.25, 0.3) is 16.9 Å². The van der Waals surface area contributed by atoms with E-state index in [9.17, 15) is 4.79 Å². The van der Waals surface area contributed by atoms with E-state index in [0.717, 1.165) is 24.2 Å². The van der Waals surface area contributed by atoms with Crippen LogP contribution in [0.1, 0.15) is 22.3 Å². The van der Waals surface area contributed by atoms with Gasteiger partial charge in [0.1, 0.15) is 5.69 Å². The number of hydrogen-bond acceptors (Lipinski definition) is 3. The third kappa shape index (κ3) is 4.83. The van der Waals surface area contributed by atoms with E-state index in [1.54, 1.807) is 4.68 Å². The molecule has 1 N–H and O–H groups in total. The summed E-state index contributed by atoms with van der Waals surface area (Å²) in [6.45, 7) is 3.63. The summed E-state index contributed by atoms with van der Waals surface area (Å²) in [4.78, 5) is 14.9. The van der Waals surface area contributed by atoms with Gasteiger partial charge in [-0.05, 0) is 46.1 Å². The van der Waals surface area contributed by atoms with Crippen LogP contribution in [0, 0.1) is 6.92 Å². The second-order valence-electron chi connectivity index (χ2n) is 6.95. The molecule has 0 aliphatic rings. The van der Waals surface area contributed by atoms with Gasteiger partial charge in [-0.3, -0.25) is 4.79 Å². The molecule has 3 aromatic rings. The molecule has 0 radical (unpaired) electrons. The summed E-state index contributed by atoms with van der Waals surface area (Å²) >= 11 is 0. The second-order valence-corrected chi connectivity index (χ2v) is 6.95. The zero-order chi connectivity index (χ0) is 19.2. The van der Waals surface area contributed by atoms with Crippen molar-refractivity contribution >= 4 is 5.91 Å². The number of aryl methyl sites for hydroxylation is 1. The normalized spacial score (nSPS) is 11.0. The maximum Gasteiger partial charge on any atom is 0.255 e. The lowest BCUT2D eigenvalue weighted by molar-refractivity contribution is 0.0953. The van der Waals surface area contributed by atoms with Gasteiger partial charge in [0.25, 0.3) is 5.91 Å². The van der Waals surface area contributed by atoms with Crippen LogP contribution in [-0.2, 0) is 0 Å². The number of carbonyl (C=O) groups is 1. The molecule has 0 saturated heterocycles. The highest BCUT2D eigenvalue weighted by molar-refractivity contribution is 5.99. The van der Waals surface area contributed by atoms with Gasteiger partial charge in [0.2, 0.25) is 0 Å². The topological polar surface area (TPSA) is 50.2 Å². The van der Waals surface area contributed by atoms with Crippen LogP contribution in [0.2, 0.25) is 0 Å². The molecule has 140 valence electrons. The summed E-state index contributed by atoms with van der Waals surface area (Å²) in [6.07, 6.45) is 2.72. The molecule has 5 heteroatoms. The zero-order valence-electron chi connectivity index (χ0n) is 16.1. The lowest BCUT2D eigenvalue weighted by atomic mass is 10.1. The average Bonchev–Trinajstić information content (AvgIpc) is 3.12. The highest BCUT2D eigenvalue weighted by atomic mass is 16.1. The number of benzene rings is 2. The van der Waals surface area contributed by atoms with Gasteiger partial charge in [-0.2, -0.15) is 5.10 Å². The lowest BCUT2D eigenvalue weighted by Gasteiger charge is -2.09. The van der Waals surface area contributed by atoms with E-state index in [1.165, 1.54) is 5.56 Å². The molecule has 0 aliphatic heterocycles. The quantitative estimate of drug-likeness (QED) is 0.654. The van der Waals surface area contributed by atoms with Crippen molar-refractivity contribution in [3.05, 3.63) is 71.9 Å². The largest absolute Gasteiger partial charge is 0.352 e. The summed E-state index contributed by atoms with van der Waals surface area (Å²) in [5.74, 6) is -0.0917. The van der Waals surface area contributed by atoms with Gasteiger partial charge in [0, 0.05) is 18.3 Å². The van der Waals surface area contributed by atoms with E-state index in [2.05, 4.69) is 17.1 Å². The van der Waals surface area contributed by atoms with Crippen molar-refractivity contribution in [1.82, 2.24) is 20.0 Å². The first-order valence-corrected chi connectivity index (χ1v) is 9.19. The predicted molar refractivity (Wildman–Crippen MR) is 109 cm³/mol. The number of amides is 1. The van der Waals surface area contributed by atoms with Gasteiger partial charge in [0.15, 0.2) is 0 Å². The van der Waals surface area contributed by atoms with Gasteiger partial charge >= 0.3 is 0 Å². The summed E-state index contributed by atoms with van der Waals surface area (Å²) in [7, 11) is 4.06. The smallest absolute Gasteiger partial charge is 0.255 e. The van der Waals surface area contributed by atoms with Crippen molar-refractivity contribution in [2.45, 2.75) is 13.3 Å². The van der Waals surface area contributed by atoms with Crippen LogP contribution in [-0.4, -0.2) is 47.8 Å². The fraction of sp³-hybridized carbons (Fsp3) is 0.273. The molecule has 0 aliphatic carbocycles. The third-order valence-corrected chi connectivity index (χ3v) is 4.37. The summed E-state index contributed by atoms with van der Waals surface area (Å²) in [5.41, 5.74) is 4.34. The lowest BCUT2D eigenvalue weighted by Crippen LogP contribution is -2.27. The van der Waals surface area contributed by atoms with Gasteiger partial charge in [-0.25, -0.2) is 4.68 Å². The second kappa shape index (κ2) is 8.64. The van der Waals surface area contributed by atoms with E-state index >= 15 is 0 Å². The van der Waals surface area contributed by atoms with Gasteiger partial charge < -0.3 is 10.2 Å². The number of nitrogens with one attached hydrogen (secondary N) is 1. The van der Waals surface area contributed by atoms with Crippen LogP contribution < -0.4 is 5.32 Å². The maximum atomic E-state index is 12.8. The van der Waals surface area contributed by atoms with Crippen molar-refractivity contribution in [1.29, 1.82) is 0 Å². The van der Waals surface area contributed by atoms with Crippen molar-refractivity contribution in [2.24, 2.45) is 0 Å². The fourth-order valence-electron chi connectivity index (χ4n) is 2.87. The number of carbonyl (C=O) groups excluding carboxylic acids is 1. The Bertz CT molecular complexity index is 882. The minimum Gasteiger partial charge on any atom is -0.352 e. The zero-order valence-corrected chi connectivity index (χ0v) is 16.1. The molecule has 0 unspecified atom stereocenters. The number of hydrogen-bond donors (Lipinski definition) is 1. The molecule has 0 fully saturated rings. The number of aromatic nitrogens is 2. The van der Waals surface area contributed by atoms with E-state index in [1.807, 2.05) is 74.9 Å². The van der Waals surface area contributed by atoms with Crippen LogP contribution in [0.5, 0.6) is 0 Å². The SMILES string of the molecule is Cc1ccc(-n2cc(C(=O)NCCCN(C)C)c(-c3ccccc3)n2)cc1. The molecular formula is C22H26N4O. The molecule has 0 saturated carbocycles. The maximum absolute atomic E-state index is 12.8. The van der Waals surface area contributed by atoms with E-state index in [4.69, 9.17) is 5.10 Å². The van der Waals surface area contributed by atoms with Crippen molar-refractivity contribution in [3.8, 4) is 16.9 Å². The molecule has 0 atom stereocenters. The van der Waals surface area contributed by atoms with Crippen LogP contribution >= 0.6 is 0 Å². The molecule has 0 spiro atoms. The van der Waals surface area contributed by atoms with Gasteiger partial charge in [0.05, 0.1) is 11.3 Å². The Morgan fingerprint density at radius 1 is 1.07 bits per heavy atom. The van der Waals surface area contributed by atoms with Crippen molar-refractivity contribution in [2.75, 3.05) is 27.2 Å². The molecule has 5 nitrogen and oxygen atoms in total. The first-order chi connectivity index (χ1) is 13.0. The molecular weight excluding hydrogens is 336 g/mol. The van der Waals surface area contributed by atoms with E-state index in [-0.39, 0.29) is 5.91 Å². The minimum atomic E-state index is -0.0917. The monoisotopic (exact) mass is 362 g/mol. The average molecular weight is 362 g/mol. The van der Waals surface area contributed by atoms with Crippen molar-refractivity contribution < 1.29 is 4.79 Å². The molecule has 1 heterocycles. The van der Waals surface area contributed by atoms with E-state index in [0.29, 0.717) is 17.8 Å². The standard InChI is InChI=1S/C22H26N4O/c1-17-10-12-19(13-11-17)26-16-20(22(27)23-14-7-15-25(2)3)21(24-26)18-8-5-4-6-9-18/h4-6,8-13,16H,7,14-15H2,1-3H3,(H,23,27). The Kier molecular flexibility index (Phi) is 6.04. The highest BCUT2D eigenvalue weighted by Crippen LogP contribution is 2.23. The number of rotatable bonds is 7. The minimum absolute atomic E-state index is 0.0917. The molecule has 3 rings (SSSR count).